The van der Waals surface area contributed by atoms with E-state index in [9.17, 15) is 0 Å². The van der Waals surface area contributed by atoms with Gasteiger partial charge in [-0.15, -0.1) is 22.9 Å². The van der Waals surface area contributed by atoms with Gasteiger partial charge >= 0.3 is 0 Å². The topological polar surface area (TPSA) is 30.7 Å². The Hall–Kier alpha value is -1.65. The molecule has 3 rings (SSSR count). The third-order valence-corrected chi connectivity index (χ3v) is 4.26. The van der Waals surface area contributed by atoms with Gasteiger partial charge in [0.05, 0.1) is 22.8 Å². The maximum atomic E-state index is 5.76. The minimum atomic E-state index is 0.483. The Morgan fingerprint density at radius 3 is 2.75 bits per heavy atom. The Balaban J connectivity index is 1.65. The number of halogens is 1. The van der Waals surface area contributed by atoms with E-state index in [2.05, 4.69) is 28.4 Å². The van der Waals surface area contributed by atoms with E-state index >= 15 is 0 Å². The van der Waals surface area contributed by atoms with Crippen molar-refractivity contribution in [3.05, 3.63) is 58.8 Å². The SMILES string of the molecule is ClCc1csc(CCn2cc(-c3ccccc3)cn2)n1. The van der Waals surface area contributed by atoms with Crippen molar-refractivity contribution in [1.82, 2.24) is 14.8 Å². The van der Waals surface area contributed by atoms with E-state index in [0.717, 1.165) is 29.2 Å². The first-order valence-electron chi connectivity index (χ1n) is 6.42. The number of aryl methyl sites for hydroxylation is 2. The van der Waals surface area contributed by atoms with Crippen LogP contribution in [-0.2, 0) is 18.8 Å². The molecule has 2 aromatic heterocycles. The van der Waals surface area contributed by atoms with Crippen molar-refractivity contribution >= 4 is 22.9 Å². The average molecular weight is 304 g/mol. The molecule has 0 unspecified atom stereocenters. The fourth-order valence-electron chi connectivity index (χ4n) is 2.00. The normalized spacial score (nSPS) is 10.8. The van der Waals surface area contributed by atoms with Crippen LogP contribution in [-0.4, -0.2) is 14.8 Å². The summed E-state index contributed by atoms with van der Waals surface area (Å²) in [5.41, 5.74) is 3.29. The molecular formula is C15H14ClN3S. The third-order valence-electron chi connectivity index (χ3n) is 3.03. The lowest BCUT2D eigenvalue weighted by Crippen LogP contribution is -2.01. The minimum Gasteiger partial charge on any atom is -0.272 e. The Labute approximate surface area is 126 Å². The van der Waals surface area contributed by atoms with Crippen LogP contribution in [0.15, 0.2) is 48.1 Å². The fraction of sp³-hybridized carbons (Fsp3) is 0.200. The Morgan fingerprint density at radius 2 is 2.00 bits per heavy atom. The van der Waals surface area contributed by atoms with Crippen LogP contribution in [0.1, 0.15) is 10.7 Å². The van der Waals surface area contributed by atoms with Gasteiger partial charge in [0.15, 0.2) is 0 Å². The van der Waals surface area contributed by atoms with Gasteiger partial charge in [0.2, 0.25) is 0 Å². The second-order valence-electron chi connectivity index (χ2n) is 4.47. The van der Waals surface area contributed by atoms with Crippen molar-refractivity contribution in [3.8, 4) is 11.1 Å². The van der Waals surface area contributed by atoms with Crippen molar-refractivity contribution in [2.24, 2.45) is 0 Å². The van der Waals surface area contributed by atoms with E-state index in [-0.39, 0.29) is 0 Å². The Bertz CT molecular complexity index is 675. The van der Waals surface area contributed by atoms with Gasteiger partial charge < -0.3 is 0 Å². The molecule has 3 nitrogen and oxygen atoms in total. The van der Waals surface area contributed by atoms with Gasteiger partial charge in [-0.25, -0.2) is 4.98 Å². The zero-order chi connectivity index (χ0) is 13.8. The summed E-state index contributed by atoms with van der Waals surface area (Å²) in [4.78, 5) is 4.45. The molecule has 0 N–H and O–H groups in total. The highest BCUT2D eigenvalue weighted by Gasteiger charge is 2.04. The molecule has 3 aromatic rings. The lowest BCUT2D eigenvalue weighted by atomic mass is 10.1. The quantitative estimate of drug-likeness (QED) is 0.667. The first-order chi connectivity index (χ1) is 9.85. The van der Waals surface area contributed by atoms with Gasteiger partial charge in [-0.3, -0.25) is 4.68 Å². The average Bonchev–Trinajstić information content (AvgIpc) is 3.15. The standard InChI is InChI=1S/C15H14ClN3S/c16-8-14-11-20-15(18-14)6-7-19-10-13(9-17-19)12-4-2-1-3-5-12/h1-5,9-11H,6-8H2. The first-order valence-corrected chi connectivity index (χ1v) is 7.83. The van der Waals surface area contributed by atoms with E-state index < -0.39 is 0 Å². The summed E-state index contributed by atoms with van der Waals surface area (Å²) >= 11 is 7.42. The van der Waals surface area contributed by atoms with E-state index in [1.807, 2.05) is 34.5 Å². The van der Waals surface area contributed by atoms with Crippen molar-refractivity contribution in [2.75, 3.05) is 0 Å². The molecule has 0 fully saturated rings. The van der Waals surface area contributed by atoms with E-state index in [1.165, 1.54) is 5.56 Å². The van der Waals surface area contributed by atoms with Crippen molar-refractivity contribution in [1.29, 1.82) is 0 Å². The maximum Gasteiger partial charge on any atom is 0.0947 e. The summed E-state index contributed by atoms with van der Waals surface area (Å²) < 4.78 is 1.96. The predicted molar refractivity (Wildman–Crippen MR) is 83.0 cm³/mol. The van der Waals surface area contributed by atoms with Crippen molar-refractivity contribution in [2.45, 2.75) is 18.8 Å². The molecule has 102 valence electrons. The van der Waals surface area contributed by atoms with Crippen LogP contribution < -0.4 is 0 Å². The summed E-state index contributed by atoms with van der Waals surface area (Å²) in [6.45, 7) is 0.835. The van der Waals surface area contributed by atoms with Crippen LogP contribution in [0.4, 0.5) is 0 Å². The van der Waals surface area contributed by atoms with E-state index in [0.29, 0.717) is 5.88 Å². The van der Waals surface area contributed by atoms with Crippen LogP contribution in [0.5, 0.6) is 0 Å². The minimum absolute atomic E-state index is 0.483. The molecule has 0 aliphatic heterocycles. The van der Waals surface area contributed by atoms with Gasteiger partial charge in [-0.1, -0.05) is 30.3 Å². The summed E-state index contributed by atoms with van der Waals surface area (Å²) in [6, 6.07) is 10.3. The number of nitrogens with zero attached hydrogens (tertiary/aromatic N) is 3. The molecule has 0 atom stereocenters. The van der Waals surface area contributed by atoms with Gasteiger partial charge in [0.1, 0.15) is 0 Å². The summed E-state index contributed by atoms with van der Waals surface area (Å²) in [6.07, 6.45) is 4.87. The van der Waals surface area contributed by atoms with Gasteiger partial charge in [0, 0.05) is 30.1 Å². The molecule has 1 aromatic carbocycles. The molecule has 0 spiro atoms. The van der Waals surface area contributed by atoms with Gasteiger partial charge in [-0.2, -0.15) is 5.10 Å². The number of alkyl halides is 1. The zero-order valence-electron chi connectivity index (χ0n) is 10.9. The molecule has 0 bridgehead atoms. The molecule has 0 saturated carbocycles. The molecule has 2 heterocycles. The lowest BCUT2D eigenvalue weighted by molar-refractivity contribution is 0.613. The molecular weight excluding hydrogens is 290 g/mol. The largest absolute Gasteiger partial charge is 0.272 e. The smallest absolute Gasteiger partial charge is 0.0947 e. The Morgan fingerprint density at radius 1 is 1.15 bits per heavy atom. The highest BCUT2D eigenvalue weighted by atomic mass is 35.5. The second-order valence-corrected chi connectivity index (χ2v) is 5.68. The summed E-state index contributed by atoms with van der Waals surface area (Å²) in [7, 11) is 0. The maximum absolute atomic E-state index is 5.76. The fourth-order valence-corrected chi connectivity index (χ4v) is 3.02. The number of thiazole rings is 1. The molecule has 0 amide bonds. The number of hydrogen-bond donors (Lipinski definition) is 0. The molecule has 0 radical (unpaired) electrons. The van der Waals surface area contributed by atoms with Crippen LogP contribution in [0.3, 0.4) is 0 Å². The molecule has 0 saturated heterocycles. The number of rotatable bonds is 5. The molecule has 5 heteroatoms. The molecule has 0 aliphatic rings. The Kier molecular flexibility index (Phi) is 4.14. The van der Waals surface area contributed by atoms with Crippen LogP contribution in [0.25, 0.3) is 11.1 Å². The number of benzene rings is 1. The van der Waals surface area contributed by atoms with Crippen LogP contribution in [0.2, 0.25) is 0 Å². The van der Waals surface area contributed by atoms with Gasteiger partial charge in [-0.05, 0) is 5.56 Å². The number of hydrogen-bond acceptors (Lipinski definition) is 3. The monoisotopic (exact) mass is 303 g/mol. The van der Waals surface area contributed by atoms with Crippen LogP contribution in [0, 0.1) is 0 Å². The van der Waals surface area contributed by atoms with Crippen molar-refractivity contribution in [3.63, 3.8) is 0 Å². The van der Waals surface area contributed by atoms with Crippen molar-refractivity contribution < 1.29 is 0 Å². The highest BCUT2D eigenvalue weighted by Crippen LogP contribution is 2.18. The first kappa shape index (κ1) is 13.3. The van der Waals surface area contributed by atoms with E-state index in [4.69, 9.17) is 11.6 Å². The number of aromatic nitrogens is 3. The predicted octanol–water partition coefficient (Wildman–Crippen LogP) is 3.99. The second kappa shape index (κ2) is 6.20. The lowest BCUT2D eigenvalue weighted by Gasteiger charge is -1.98. The zero-order valence-corrected chi connectivity index (χ0v) is 12.4. The molecule has 0 aliphatic carbocycles. The van der Waals surface area contributed by atoms with Gasteiger partial charge in [0.25, 0.3) is 0 Å². The summed E-state index contributed by atoms with van der Waals surface area (Å²) in [5, 5.41) is 7.53. The highest BCUT2D eigenvalue weighted by molar-refractivity contribution is 7.09. The molecule has 20 heavy (non-hydrogen) atoms. The van der Waals surface area contributed by atoms with E-state index in [1.54, 1.807) is 11.3 Å². The van der Waals surface area contributed by atoms with Crippen LogP contribution >= 0.6 is 22.9 Å². The third kappa shape index (κ3) is 3.08. The summed E-state index contributed by atoms with van der Waals surface area (Å²) in [5.74, 6) is 0.483.